The highest BCUT2D eigenvalue weighted by Gasteiger charge is 2.28. The normalized spacial score (nSPS) is 17.4. The molecule has 7 rings (SSSR count). The van der Waals surface area contributed by atoms with Crippen LogP contribution in [0.5, 0.6) is 17.5 Å². The van der Waals surface area contributed by atoms with Gasteiger partial charge in [-0.05, 0) is 87.8 Å². The van der Waals surface area contributed by atoms with Gasteiger partial charge in [-0.15, -0.1) is 0 Å². The van der Waals surface area contributed by atoms with Gasteiger partial charge in [0.1, 0.15) is 24.6 Å². The Kier molecular flexibility index (Phi) is 13.1. The topological polar surface area (TPSA) is 133 Å². The first-order chi connectivity index (χ1) is 28.8. The zero-order valence-corrected chi connectivity index (χ0v) is 34.3. The number of nitrogens with zero attached hydrogens (tertiary/aromatic N) is 6. The molecule has 1 aliphatic carbocycles. The van der Waals surface area contributed by atoms with Crippen molar-refractivity contribution in [2.75, 3.05) is 53.0 Å². The van der Waals surface area contributed by atoms with Crippen LogP contribution in [-0.4, -0.2) is 100 Å². The fourth-order valence-electron chi connectivity index (χ4n) is 7.39. The Balaban J connectivity index is 0.852. The van der Waals surface area contributed by atoms with Crippen LogP contribution in [0.15, 0.2) is 67.1 Å². The van der Waals surface area contributed by atoms with Crippen molar-refractivity contribution in [1.82, 2.24) is 34.9 Å². The molecule has 2 aromatic heterocycles. The number of hydrogen-bond donors (Lipinski definition) is 1. The summed E-state index contributed by atoms with van der Waals surface area (Å²) in [4.78, 5) is 38.0. The number of carbonyl (C=O) groups is 2. The highest BCUT2D eigenvalue weighted by Crippen LogP contribution is 2.34. The fourth-order valence-corrected chi connectivity index (χ4v) is 7.39. The second kappa shape index (κ2) is 18.6. The average Bonchev–Trinajstić information content (AvgIpc) is 3.68. The van der Waals surface area contributed by atoms with Crippen molar-refractivity contribution in [3.8, 4) is 28.6 Å². The molecule has 3 aromatic carbocycles. The molecule has 0 atom stereocenters. The number of amides is 2. The van der Waals surface area contributed by atoms with E-state index in [9.17, 15) is 22.8 Å². The van der Waals surface area contributed by atoms with Crippen LogP contribution in [0.2, 0.25) is 0 Å². The SMILES string of the molecule is COc1ccc(COc2c(F)cc(C(=O)NC[C@H]3CC[C@H](n4cc5ccc(-c6cnc(OCCN7CCN(C(=O)OC(C)(C)C)CC7)nc6)cc5n4)CC3)c(F)c2F)cc1. The molecule has 1 saturated carbocycles. The van der Waals surface area contributed by atoms with Crippen LogP contribution in [0, 0.1) is 23.4 Å². The van der Waals surface area contributed by atoms with E-state index in [1.807, 2.05) is 49.8 Å². The van der Waals surface area contributed by atoms with Crippen molar-refractivity contribution < 1.29 is 41.7 Å². The van der Waals surface area contributed by atoms with Crippen LogP contribution in [0.25, 0.3) is 22.0 Å². The minimum Gasteiger partial charge on any atom is -0.497 e. The highest BCUT2D eigenvalue weighted by molar-refractivity contribution is 5.94. The highest BCUT2D eigenvalue weighted by atomic mass is 19.2. The molecule has 16 heteroatoms. The molecule has 5 aromatic rings. The lowest BCUT2D eigenvalue weighted by atomic mass is 9.86. The minimum absolute atomic E-state index is 0.111. The van der Waals surface area contributed by atoms with Crippen LogP contribution in [0.3, 0.4) is 0 Å². The first-order valence-electron chi connectivity index (χ1n) is 20.2. The van der Waals surface area contributed by atoms with Gasteiger partial charge < -0.3 is 29.2 Å². The molecule has 1 aliphatic heterocycles. The largest absolute Gasteiger partial charge is 0.497 e. The molecule has 0 radical (unpaired) electrons. The summed E-state index contributed by atoms with van der Waals surface area (Å²) in [5, 5.41) is 8.55. The number of aromatic nitrogens is 4. The van der Waals surface area contributed by atoms with E-state index in [2.05, 4.69) is 20.2 Å². The van der Waals surface area contributed by atoms with E-state index >= 15 is 0 Å². The van der Waals surface area contributed by atoms with Gasteiger partial charge >= 0.3 is 12.1 Å². The summed E-state index contributed by atoms with van der Waals surface area (Å²) in [5.41, 5.74) is 1.96. The van der Waals surface area contributed by atoms with E-state index in [1.165, 1.54) is 7.11 Å². The van der Waals surface area contributed by atoms with Crippen molar-refractivity contribution in [1.29, 1.82) is 0 Å². The number of methoxy groups -OCH3 is 1. The lowest BCUT2D eigenvalue weighted by Crippen LogP contribution is -2.50. The average molecular weight is 830 g/mol. The van der Waals surface area contributed by atoms with Crippen LogP contribution >= 0.6 is 0 Å². The Morgan fingerprint density at radius 1 is 0.867 bits per heavy atom. The molecule has 318 valence electrons. The van der Waals surface area contributed by atoms with E-state index in [4.69, 9.17) is 24.0 Å². The van der Waals surface area contributed by atoms with Crippen molar-refractivity contribution in [3.63, 3.8) is 0 Å². The zero-order chi connectivity index (χ0) is 42.4. The van der Waals surface area contributed by atoms with Crippen LogP contribution < -0.4 is 19.5 Å². The van der Waals surface area contributed by atoms with Crippen LogP contribution in [-0.2, 0) is 11.3 Å². The van der Waals surface area contributed by atoms with Gasteiger partial charge in [-0.1, -0.05) is 24.3 Å². The van der Waals surface area contributed by atoms with Gasteiger partial charge in [0.15, 0.2) is 17.4 Å². The third-order valence-electron chi connectivity index (χ3n) is 10.8. The van der Waals surface area contributed by atoms with E-state index in [0.29, 0.717) is 49.6 Å². The van der Waals surface area contributed by atoms with Crippen molar-refractivity contribution >= 4 is 22.9 Å². The van der Waals surface area contributed by atoms with Gasteiger partial charge in [-0.25, -0.2) is 23.5 Å². The van der Waals surface area contributed by atoms with Gasteiger partial charge in [0.05, 0.1) is 24.2 Å². The Hall–Kier alpha value is -5.90. The number of fused-ring (bicyclic) bond motifs is 1. The first kappa shape index (κ1) is 42.2. The van der Waals surface area contributed by atoms with Gasteiger partial charge in [-0.2, -0.15) is 9.49 Å². The molecular weight excluding hydrogens is 780 g/mol. The molecule has 1 saturated heterocycles. The van der Waals surface area contributed by atoms with Crippen LogP contribution in [0.4, 0.5) is 18.0 Å². The molecule has 0 unspecified atom stereocenters. The monoisotopic (exact) mass is 829 g/mol. The number of rotatable bonds is 13. The molecule has 2 fully saturated rings. The maximum atomic E-state index is 15.0. The summed E-state index contributed by atoms with van der Waals surface area (Å²) in [6.45, 7) is 9.43. The zero-order valence-electron chi connectivity index (χ0n) is 34.3. The minimum atomic E-state index is -1.55. The first-order valence-corrected chi connectivity index (χ1v) is 20.2. The standard InChI is InChI=1S/C44H50F3N7O6/c1-44(2,3)60-43(56)53-17-15-52(16-18-53)19-20-58-42-49-24-32(25-50-42)30-9-10-31-26-54(51-37(31)21-30)33-11-5-28(6-12-33)23-48-41(55)35-22-36(45)40(39(47)38(35)46)59-27-29-7-13-34(57-4)14-8-29/h7-10,13-14,21-22,24-26,28,33H,5-6,11-12,15-20,23,27H2,1-4H3,(H,48,55)/t28-,33-. The maximum absolute atomic E-state index is 15.0. The summed E-state index contributed by atoms with van der Waals surface area (Å²) in [6.07, 6.45) is 8.42. The second-order valence-corrected chi connectivity index (χ2v) is 16.2. The third-order valence-corrected chi connectivity index (χ3v) is 10.8. The number of piperazine rings is 1. The fraction of sp³-hybridized carbons (Fsp3) is 0.432. The molecule has 13 nitrogen and oxygen atoms in total. The Bertz CT molecular complexity index is 2270. The molecule has 0 spiro atoms. The molecule has 1 N–H and O–H groups in total. The third kappa shape index (κ3) is 10.4. The van der Waals surface area contributed by atoms with Gasteiger partial charge in [0, 0.05) is 68.8 Å². The summed E-state index contributed by atoms with van der Waals surface area (Å²) in [5.74, 6) is -5.24. The molecule has 60 heavy (non-hydrogen) atoms. The number of halogens is 3. The number of ether oxygens (including phenoxy) is 4. The van der Waals surface area contributed by atoms with Gasteiger partial charge in [-0.3, -0.25) is 14.4 Å². The Labute approximate surface area is 346 Å². The van der Waals surface area contributed by atoms with Gasteiger partial charge in [0.2, 0.25) is 5.82 Å². The molecule has 2 aliphatic rings. The van der Waals surface area contributed by atoms with Crippen molar-refractivity contribution in [2.45, 2.75) is 64.7 Å². The molecular formula is C44H50F3N7O6. The lowest BCUT2D eigenvalue weighted by Gasteiger charge is -2.35. The predicted octanol–water partition coefficient (Wildman–Crippen LogP) is 7.59. The molecule has 2 amide bonds. The second-order valence-electron chi connectivity index (χ2n) is 16.2. The van der Waals surface area contributed by atoms with E-state index in [1.54, 1.807) is 41.6 Å². The number of carbonyl (C=O) groups excluding carboxylic acids is 2. The number of benzene rings is 3. The Morgan fingerprint density at radius 2 is 1.58 bits per heavy atom. The summed E-state index contributed by atoms with van der Waals surface area (Å²) < 4.78 is 68.3. The lowest BCUT2D eigenvalue weighted by molar-refractivity contribution is 0.0136. The number of hydrogen-bond acceptors (Lipinski definition) is 10. The predicted molar refractivity (Wildman–Crippen MR) is 217 cm³/mol. The van der Waals surface area contributed by atoms with Crippen LogP contribution in [0.1, 0.15) is 68.4 Å². The quantitative estimate of drug-likeness (QED) is 0.118. The van der Waals surface area contributed by atoms with E-state index < -0.39 is 40.3 Å². The summed E-state index contributed by atoms with van der Waals surface area (Å²) in [6, 6.07) is 13.8. The maximum Gasteiger partial charge on any atom is 0.410 e. The smallest absolute Gasteiger partial charge is 0.410 e. The van der Waals surface area contributed by atoms with E-state index in [0.717, 1.165) is 60.8 Å². The van der Waals surface area contributed by atoms with E-state index in [-0.39, 0.29) is 31.2 Å². The molecule has 3 heterocycles. The Morgan fingerprint density at radius 3 is 2.27 bits per heavy atom. The molecule has 0 bridgehead atoms. The van der Waals surface area contributed by atoms with Crippen molar-refractivity contribution in [3.05, 3.63) is 95.7 Å². The summed E-state index contributed by atoms with van der Waals surface area (Å²) >= 11 is 0. The number of nitrogens with one attached hydrogen (secondary N) is 1. The van der Waals surface area contributed by atoms with Crippen molar-refractivity contribution in [2.24, 2.45) is 5.92 Å². The van der Waals surface area contributed by atoms with Gasteiger partial charge in [0.25, 0.3) is 5.91 Å². The summed E-state index contributed by atoms with van der Waals surface area (Å²) in [7, 11) is 1.52.